The molecule has 2 aromatic rings. The first kappa shape index (κ1) is 15.3. The van der Waals surface area contributed by atoms with E-state index in [2.05, 4.69) is 27.3 Å². The number of hydrogen-bond donors (Lipinski definition) is 1. The minimum Gasteiger partial charge on any atom is -0.481 e. The maximum atomic E-state index is 5.44. The van der Waals surface area contributed by atoms with E-state index < -0.39 is 0 Å². The average Bonchev–Trinajstić information content (AvgIpc) is 2.74. The summed E-state index contributed by atoms with van der Waals surface area (Å²) >= 11 is 0. The molecular formula is C15H23N5O. The first-order valence-electron chi connectivity index (χ1n) is 7.16. The van der Waals surface area contributed by atoms with Crippen LogP contribution in [0.2, 0.25) is 0 Å². The number of nitrogens with one attached hydrogen (secondary N) is 1. The Morgan fingerprint density at radius 2 is 1.86 bits per heavy atom. The van der Waals surface area contributed by atoms with Crippen LogP contribution in [0.5, 0.6) is 5.88 Å². The maximum absolute atomic E-state index is 5.44. The third-order valence-electron chi connectivity index (χ3n) is 3.52. The largest absolute Gasteiger partial charge is 0.481 e. The predicted molar refractivity (Wildman–Crippen MR) is 83.8 cm³/mol. The van der Waals surface area contributed by atoms with Crippen molar-refractivity contribution in [3.63, 3.8) is 0 Å². The lowest BCUT2D eigenvalue weighted by Gasteiger charge is -2.12. The molecular weight excluding hydrogens is 266 g/mol. The zero-order valence-corrected chi connectivity index (χ0v) is 13.6. The molecule has 0 aliphatic carbocycles. The van der Waals surface area contributed by atoms with Crippen LogP contribution in [-0.2, 0) is 7.05 Å². The van der Waals surface area contributed by atoms with Crippen LogP contribution in [-0.4, -0.2) is 33.4 Å². The molecule has 0 saturated carbocycles. The predicted octanol–water partition coefficient (Wildman–Crippen LogP) is 2.63. The highest BCUT2D eigenvalue weighted by Crippen LogP contribution is 2.31. The molecule has 21 heavy (non-hydrogen) atoms. The minimum absolute atomic E-state index is 0.652. The van der Waals surface area contributed by atoms with Gasteiger partial charge < -0.3 is 10.1 Å². The number of aryl methyl sites for hydroxylation is 3. The van der Waals surface area contributed by atoms with E-state index in [4.69, 9.17) is 4.74 Å². The Hall–Kier alpha value is -2.11. The summed E-state index contributed by atoms with van der Waals surface area (Å²) in [6.07, 6.45) is 1.05. The lowest BCUT2D eigenvalue weighted by molar-refractivity contribution is 0.374. The smallest absolute Gasteiger partial charge is 0.222 e. The quantitative estimate of drug-likeness (QED) is 0.916. The van der Waals surface area contributed by atoms with E-state index >= 15 is 0 Å². The highest BCUT2D eigenvalue weighted by atomic mass is 16.5. The van der Waals surface area contributed by atoms with Gasteiger partial charge >= 0.3 is 0 Å². The van der Waals surface area contributed by atoms with Crippen molar-refractivity contribution in [2.75, 3.05) is 19.0 Å². The monoisotopic (exact) mass is 289 g/mol. The Morgan fingerprint density at radius 3 is 2.48 bits per heavy atom. The Bertz CT molecular complexity index is 648. The summed E-state index contributed by atoms with van der Waals surface area (Å²) in [6, 6.07) is 0. The van der Waals surface area contributed by atoms with Crippen molar-refractivity contribution in [1.29, 1.82) is 0 Å². The van der Waals surface area contributed by atoms with E-state index in [0.717, 1.165) is 41.3 Å². The van der Waals surface area contributed by atoms with Crippen LogP contribution < -0.4 is 10.1 Å². The van der Waals surface area contributed by atoms with Crippen molar-refractivity contribution < 1.29 is 4.74 Å². The molecule has 0 unspecified atom stereocenters. The van der Waals surface area contributed by atoms with E-state index in [0.29, 0.717) is 11.7 Å². The van der Waals surface area contributed by atoms with Gasteiger partial charge in [0.1, 0.15) is 11.4 Å². The van der Waals surface area contributed by atoms with Crippen molar-refractivity contribution in [3.8, 4) is 17.3 Å². The molecule has 114 valence electrons. The van der Waals surface area contributed by atoms with Crippen molar-refractivity contribution in [2.45, 2.75) is 34.1 Å². The average molecular weight is 289 g/mol. The molecule has 1 N–H and O–H groups in total. The molecule has 0 fully saturated rings. The lowest BCUT2D eigenvalue weighted by Crippen LogP contribution is -2.08. The minimum atomic E-state index is 0.652. The second-order valence-corrected chi connectivity index (χ2v) is 5.13. The van der Waals surface area contributed by atoms with Crippen LogP contribution >= 0.6 is 0 Å². The Kier molecular flexibility index (Phi) is 4.45. The van der Waals surface area contributed by atoms with Gasteiger partial charge in [-0.3, -0.25) is 0 Å². The van der Waals surface area contributed by atoms with Crippen LogP contribution in [0, 0.1) is 20.8 Å². The summed E-state index contributed by atoms with van der Waals surface area (Å²) in [4.78, 5) is 9.28. The molecule has 0 radical (unpaired) electrons. The third-order valence-corrected chi connectivity index (χ3v) is 3.52. The number of anilines is 1. The molecule has 0 aliphatic rings. The fourth-order valence-electron chi connectivity index (χ4n) is 2.28. The van der Waals surface area contributed by atoms with E-state index in [9.17, 15) is 0 Å². The van der Waals surface area contributed by atoms with Crippen LogP contribution in [0.15, 0.2) is 0 Å². The highest BCUT2D eigenvalue weighted by molar-refractivity contribution is 5.67. The summed E-state index contributed by atoms with van der Waals surface area (Å²) in [6.45, 7) is 8.99. The van der Waals surface area contributed by atoms with Gasteiger partial charge in [0, 0.05) is 24.8 Å². The second-order valence-electron chi connectivity index (χ2n) is 5.13. The summed E-state index contributed by atoms with van der Waals surface area (Å²) in [5, 5.41) is 7.75. The van der Waals surface area contributed by atoms with E-state index in [1.807, 2.05) is 27.8 Å². The summed E-state index contributed by atoms with van der Waals surface area (Å²) in [7, 11) is 3.49. The molecule has 0 atom stereocenters. The number of methoxy groups -OCH3 is 1. The molecule has 0 amide bonds. The molecule has 2 heterocycles. The zero-order valence-electron chi connectivity index (χ0n) is 13.6. The van der Waals surface area contributed by atoms with Crippen molar-refractivity contribution in [3.05, 3.63) is 17.0 Å². The van der Waals surface area contributed by atoms with Crippen molar-refractivity contribution in [1.82, 2.24) is 19.7 Å². The highest BCUT2D eigenvalue weighted by Gasteiger charge is 2.20. The number of nitrogens with zero attached hydrogens (tertiary/aromatic N) is 4. The zero-order chi connectivity index (χ0) is 15.6. The number of rotatable bonds is 5. The van der Waals surface area contributed by atoms with Crippen molar-refractivity contribution >= 4 is 5.82 Å². The van der Waals surface area contributed by atoms with Gasteiger partial charge in [0.15, 0.2) is 5.82 Å². The normalized spacial score (nSPS) is 10.8. The Balaban J connectivity index is 2.57. The van der Waals surface area contributed by atoms with Gasteiger partial charge in [0.05, 0.1) is 12.8 Å². The molecule has 2 rings (SSSR count). The van der Waals surface area contributed by atoms with E-state index in [1.165, 1.54) is 0 Å². The molecule has 0 bridgehead atoms. The molecule has 0 spiro atoms. The Morgan fingerprint density at radius 1 is 1.14 bits per heavy atom. The van der Waals surface area contributed by atoms with Gasteiger partial charge in [-0.1, -0.05) is 6.92 Å². The maximum Gasteiger partial charge on any atom is 0.222 e. The van der Waals surface area contributed by atoms with Gasteiger partial charge in [-0.25, -0.2) is 14.6 Å². The third kappa shape index (κ3) is 2.84. The number of ether oxygens (including phenoxy) is 1. The molecule has 0 aliphatic heterocycles. The van der Waals surface area contributed by atoms with Gasteiger partial charge in [-0.15, -0.1) is 0 Å². The Labute approximate surface area is 125 Å². The summed E-state index contributed by atoms with van der Waals surface area (Å²) in [5.41, 5.74) is 3.75. The molecule has 2 aromatic heterocycles. The fraction of sp³-hybridized carbons (Fsp3) is 0.533. The summed E-state index contributed by atoms with van der Waals surface area (Å²) < 4.78 is 7.15. The number of hydrogen-bond acceptors (Lipinski definition) is 5. The van der Waals surface area contributed by atoms with E-state index in [1.54, 1.807) is 11.8 Å². The van der Waals surface area contributed by atoms with Gasteiger partial charge in [0.25, 0.3) is 0 Å². The SMILES string of the molecule is CCCNc1nc(-c2c(C)nn(C)c2OC)nc(C)c1C. The van der Waals surface area contributed by atoms with Gasteiger partial charge in [0.2, 0.25) is 5.88 Å². The molecule has 6 heteroatoms. The first-order valence-corrected chi connectivity index (χ1v) is 7.16. The van der Waals surface area contributed by atoms with Crippen molar-refractivity contribution in [2.24, 2.45) is 7.05 Å². The van der Waals surface area contributed by atoms with Gasteiger partial charge in [-0.05, 0) is 27.2 Å². The molecule has 0 saturated heterocycles. The van der Waals surface area contributed by atoms with Crippen LogP contribution in [0.4, 0.5) is 5.82 Å². The van der Waals surface area contributed by atoms with Crippen LogP contribution in [0.25, 0.3) is 11.4 Å². The second kappa shape index (κ2) is 6.11. The standard InChI is InChI=1S/C15H23N5O/c1-7-8-16-13-9(2)10(3)17-14(18-13)12-11(4)19-20(5)15(12)21-6/h7-8H2,1-6H3,(H,16,17,18). The topological polar surface area (TPSA) is 64.9 Å². The molecule has 0 aromatic carbocycles. The van der Waals surface area contributed by atoms with Crippen LogP contribution in [0.3, 0.4) is 0 Å². The lowest BCUT2D eigenvalue weighted by atomic mass is 10.2. The molecule has 6 nitrogen and oxygen atoms in total. The number of aromatic nitrogens is 4. The van der Waals surface area contributed by atoms with Crippen LogP contribution in [0.1, 0.15) is 30.3 Å². The first-order chi connectivity index (χ1) is 9.99. The summed E-state index contributed by atoms with van der Waals surface area (Å²) in [5.74, 6) is 2.21. The van der Waals surface area contributed by atoms with Gasteiger partial charge in [-0.2, -0.15) is 5.10 Å². The van der Waals surface area contributed by atoms with E-state index in [-0.39, 0.29) is 0 Å². The fourth-order valence-corrected chi connectivity index (χ4v) is 2.28.